The minimum absolute atomic E-state index is 0.276. The van der Waals surface area contributed by atoms with E-state index in [1.807, 2.05) is 0 Å². The average Bonchev–Trinajstić information content (AvgIpc) is 2.88. The molecule has 0 aromatic carbocycles. The van der Waals surface area contributed by atoms with Crippen LogP contribution in [-0.2, 0) is 16.6 Å². The fourth-order valence-corrected chi connectivity index (χ4v) is 4.86. The third-order valence-corrected chi connectivity index (χ3v) is 5.51. The van der Waals surface area contributed by atoms with Gasteiger partial charge in [0.1, 0.15) is 0 Å². The molecule has 0 aliphatic heterocycles. The first-order chi connectivity index (χ1) is 8.49. The summed E-state index contributed by atoms with van der Waals surface area (Å²) in [5.41, 5.74) is 0. The van der Waals surface area contributed by atoms with Gasteiger partial charge in [-0.2, -0.15) is 0 Å². The van der Waals surface area contributed by atoms with Gasteiger partial charge in [0.2, 0.25) is 10.0 Å². The maximum atomic E-state index is 12.0. The van der Waals surface area contributed by atoms with Crippen molar-refractivity contribution in [2.45, 2.75) is 18.4 Å². The SMILES string of the molecule is Cc1sc(Br)cc1S(=O)(=O)NCCn1ccnn1. The number of rotatable bonds is 5. The fourth-order valence-electron chi connectivity index (χ4n) is 1.42. The lowest BCUT2D eigenvalue weighted by Crippen LogP contribution is -2.27. The number of sulfonamides is 1. The van der Waals surface area contributed by atoms with Gasteiger partial charge in [0, 0.05) is 17.6 Å². The average molecular weight is 351 g/mol. The minimum atomic E-state index is -3.45. The van der Waals surface area contributed by atoms with Crippen LogP contribution in [0.25, 0.3) is 0 Å². The Morgan fingerprint density at radius 3 is 2.89 bits per heavy atom. The summed E-state index contributed by atoms with van der Waals surface area (Å²) >= 11 is 4.68. The van der Waals surface area contributed by atoms with Gasteiger partial charge in [0.15, 0.2) is 0 Å². The highest BCUT2D eigenvalue weighted by atomic mass is 79.9. The van der Waals surface area contributed by atoms with Crippen molar-refractivity contribution in [1.82, 2.24) is 19.7 Å². The Kier molecular flexibility index (Phi) is 4.15. The van der Waals surface area contributed by atoms with Crippen molar-refractivity contribution in [3.05, 3.63) is 27.1 Å². The fraction of sp³-hybridized carbons (Fsp3) is 0.333. The molecule has 0 spiro atoms. The highest BCUT2D eigenvalue weighted by molar-refractivity contribution is 9.11. The van der Waals surface area contributed by atoms with E-state index >= 15 is 0 Å². The summed E-state index contributed by atoms with van der Waals surface area (Å²) in [4.78, 5) is 1.08. The van der Waals surface area contributed by atoms with Crippen LogP contribution >= 0.6 is 27.3 Å². The molecule has 0 fully saturated rings. The summed E-state index contributed by atoms with van der Waals surface area (Å²) in [5.74, 6) is 0. The standard InChI is InChI=1S/C9H11BrN4O2S2/c1-7-8(6-9(10)17-7)18(15,16)12-3-5-14-4-2-11-13-14/h2,4,6,12H,3,5H2,1H3. The second-order valence-corrected chi connectivity index (χ2v) is 7.91. The van der Waals surface area contributed by atoms with E-state index in [0.717, 1.165) is 8.66 Å². The maximum absolute atomic E-state index is 12.0. The second kappa shape index (κ2) is 5.47. The van der Waals surface area contributed by atoms with Gasteiger partial charge < -0.3 is 0 Å². The van der Waals surface area contributed by atoms with Crippen LogP contribution in [0.5, 0.6) is 0 Å². The molecule has 2 aromatic heterocycles. The van der Waals surface area contributed by atoms with Gasteiger partial charge >= 0.3 is 0 Å². The maximum Gasteiger partial charge on any atom is 0.241 e. The Labute approximate surface area is 117 Å². The molecular formula is C9H11BrN4O2S2. The number of aryl methyl sites for hydroxylation is 1. The number of thiophene rings is 1. The zero-order valence-electron chi connectivity index (χ0n) is 9.50. The van der Waals surface area contributed by atoms with Gasteiger partial charge in [0.25, 0.3) is 0 Å². The first-order valence-corrected chi connectivity index (χ1v) is 8.18. The van der Waals surface area contributed by atoms with Crippen molar-refractivity contribution in [3.8, 4) is 0 Å². The lowest BCUT2D eigenvalue weighted by atomic mass is 10.5. The molecule has 1 N–H and O–H groups in total. The summed E-state index contributed by atoms with van der Waals surface area (Å²) in [6, 6.07) is 1.61. The largest absolute Gasteiger partial charge is 0.251 e. The Morgan fingerprint density at radius 2 is 2.33 bits per heavy atom. The first-order valence-electron chi connectivity index (χ1n) is 5.09. The molecule has 2 rings (SSSR count). The van der Waals surface area contributed by atoms with Crippen LogP contribution in [0.4, 0.5) is 0 Å². The van der Waals surface area contributed by atoms with E-state index < -0.39 is 10.0 Å². The monoisotopic (exact) mass is 350 g/mol. The van der Waals surface area contributed by atoms with E-state index in [9.17, 15) is 8.42 Å². The molecule has 0 radical (unpaired) electrons. The van der Waals surface area contributed by atoms with Crippen LogP contribution in [0.2, 0.25) is 0 Å². The van der Waals surface area contributed by atoms with Gasteiger partial charge in [0.05, 0.1) is 21.4 Å². The van der Waals surface area contributed by atoms with Crippen molar-refractivity contribution < 1.29 is 8.42 Å². The topological polar surface area (TPSA) is 76.9 Å². The molecule has 98 valence electrons. The van der Waals surface area contributed by atoms with Crippen molar-refractivity contribution in [2.75, 3.05) is 6.54 Å². The third-order valence-electron chi connectivity index (χ3n) is 2.24. The van der Waals surface area contributed by atoms with Crippen LogP contribution < -0.4 is 4.72 Å². The smallest absolute Gasteiger partial charge is 0.241 e. The Balaban J connectivity index is 2.02. The lowest BCUT2D eigenvalue weighted by molar-refractivity contribution is 0.553. The lowest BCUT2D eigenvalue weighted by Gasteiger charge is -2.05. The molecule has 0 saturated carbocycles. The van der Waals surface area contributed by atoms with Crippen molar-refractivity contribution >= 4 is 37.3 Å². The van der Waals surface area contributed by atoms with E-state index in [4.69, 9.17) is 0 Å². The highest BCUT2D eigenvalue weighted by Gasteiger charge is 2.18. The predicted octanol–water partition coefficient (Wildman–Crippen LogP) is 1.39. The summed E-state index contributed by atoms with van der Waals surface area (Å²) in [7, 11) is -3.45. The highest BCUT2D eigenvalue weighted by Crippen LogP contribution is 2.29. The van der Waals surface area contributed by atoms with Crippen molar-refractivity contribution in [3.63, 3.8) is 0 Å². The molecule has 0 amide bonds. The van der Waals surface area contributed by atoms with Crippen LogP contribution in [0, 0.1) is 6.92 Å². The molecule has 0 bridgehead atoms. The summed E-state index contributed by atoms with van der Waals surface area (Å²) in [6.07, 6.45) is 3.23. The van der Waals surface area contributed by atoms with Crippen molar-refractivity contribution in [2.24, 2.45) is 0 Å². The molecule has 9 heteroatoms. The van der Waals surface area contributed by atoms with Crippen LogP contribution in [0.1, 0.15) is 4.88 Å². The number of hydrogen-bond donors (Lipinski definition) is 1. The Bertz CT molecular complexity index is 621. The van der Waals surface area contributed by atoms with Gasteiger partial charge in [-0.1, -0.05) is 5.21 Å². The molecule has 18 heavy (non-hydrogen) atoms. The molecule has 2 heterocycles. The zero-order chi connectivity index (χ0) is 13.2. The Hall–Kier alpha value is -0.770. The summed E-state index contributed by atoms with van der Waals surface area (Å²) in [5, 5.41) is 7.40. The van der Waals surface area contributed by atoms with Gasteiger partial charge in [-0.05, 0) is 28.9 Å². The number of halogens is 1. The first kappa shape index (κ1) is 13.7. The van der Waals surface area contributed by atoms with Gasteiger partial charge in [-0.15, -0.1) is 16.4 Å². The van der Waals surface area contributed by atoms with E-state index in [0.29, 0.717) is 11.4 Å². The van der Waals surface area contributed by atoms with Crippen LogP contribution in [-0.4, -0.2) is 30.0 Å². The van der Waals surface area contributed by atoms with E-state index in [1.54, 1.807) is 30.1 Å². The van der Waals surface area contributed by atoms with Crippen molar-refractivity contribution in [1.29, 1.82) is 0 Å². The molecule has 6 nitrogen and oxygen atoms in total. The molecule has 0 aliphatic carbocycles. The molecule has 0 atom stereocenters. The molecule has 2 aromatic rings. The van der Waals surface area contributed by atoms with E-state index in [-0.39, 0.29) is 6.54 Å². The summed E-state index contributed by atoms with van der Waals surface area (Å²) < 4.78 is 29.0. The Morgan fingerprint density at radius 1 is 1.56 bits per heavy atom. The number of nitrogens with zero attached hydrogens (tertiary/aromatic N) is 3. The normalized spacial score (nSPS) is 11.9. The third kappa shape index (κ3) is 3.16. The summed E-state index contributed by atoms with van der Waals surface area (Å²) in [6.45, 7) is 2.50. The second-order valence-electron chi connectivity index (χ2n) is 3.53. The predicted molar refractivity (Wildman–Crippen MR) is 72.0 cm³/mol. The van der Waals surface area contributed by atoms with E-state index in [2.05, 4.69) is 31.0 Å². The molecular weight excluding hydrogens is 340 g/mol. The van der Waals surface area contributed by atoms with Crippen LogP contribution in [0.3, 0.4) is 0 Å². The number of hydrogen-bond acceptors (Lipinski definition) is 5. The molecule has 0 aliphatic rings. The number of aromatic nitrogens is 3. The van der Waals surface area contributed by atoms with Crippen LogP contribution in [0.15, 0.2) is 27.1 Å². The number of nitrogens with one attached hydrogen (secondary N) is 1. The zero-order valence-corrected chi connectivity index (χ0v) is 12.7. The van der Waals surface area contributed by atoms with Gasteiger partial charge in [-0.25, -0.2) is 13.1 Å². The van der Waals surface area contributed by atoms with E-state index in [1.165, 1.54) is 11.3 Å². The van der Waals surface area contributed by atoms with Gasteiger partial charge in [-0.3, -0.25) is 4.68 Å². The molecule has 0 unspecified atom stereocenters. The minimum Gasteiger partial charge on any atom is -0.251 e. The molecule has 0 saturated heterocycles. The quantitative estimate of drug-likeness (QED) is 0.883.